The predicted molar refractivity (Wildman–Crippen MR) is 56.2 cm³/mol. The molecule has 1 unspecified atom stereocenters. The smallest absolute Gasteiger partial charge is 0.337 e. The van der Waals surface area contributed by atoms with Crippen LogP contribution in [0.25, 0.3) is 5.69 Å². The third kappa shape index (κ3) is 1.94. The lowest BCUT2D eigenvalue weighted by Crippen LogP contribution is -2.09. The molecule has 0 amide bonds. The molecule has 0 saturated carbocycles. The summed E-state index contributed by atoms with van der Waals surface area (Å²) in [5.74, 6) is -1.28. The molecule has 0 aliphatic heterocycles. The number of carboxylic acids is 1. The van der Waals surface area contributed by atoms with Gasteiger partial charge in [0.2, 0.25) is 0 Å². The van der Waals surface area contributed by atoms with Gasteiger partial charge in [-0.15, -0.1) is 0 Å². The van der Waals surface area contributed by atoms with E-state index in [1.54, 1.807) is 0 Å². The molecule has 1 aromatic heterocycles. The van der Waals surface area contributed by atoms with Crippen molar-refractivity contribution in [2.24, 2.45) is 0 Å². The van der Waals surface area contributed by atoms with Crippen molar-refractivity contribution in [2.45, 2.75) is 6.10 Å². The first-order valence-electron chi connectivity index (χ1n) is 4.69. The Bertz CT molecular complexity index is 493. The van der Waals surface area contributed by atoms with Gasteiger partial charge < -0.3 is 10.2 Å². The molecule has 0 radical (unpaired) electrons. The van der Waals surface area contributed by atoms with Crippen molar-refractivity contribution in [1.82, 2.24) is 9.78 Å². The average Bonchev–Trinajstić information content (AvgIpc) is 2.78. The topological polar surface area (TPSA) is 75.3 Å². The van der Waals surface area contributed by atoms with Crippen molar-refractivity contribution >= 4 is 5.97 Å². The lowest BCUT2D eigenvalue weighted by atomic mass is 10.2. The zero-order valence-electron chi connectivity index (χ0n) is 8.32. The molecule has 1 heterocycles. The van der Waals surface area contributed by atoms with Crippen molar-refractivity contribution in [3.05, 3.63) is 48.3 Å². The SMILES string of the molecule is O=C(O)C(O)c1cnn(-c2ccccc2)c1. The van der Waals surface area contributed by atoms with E-state index in [1.807, 2.05) is 30.3 Å². The molecule has 0 spiro atoms. The van der Waals surface area contributed by atoms with Gasteiger partial charge in [0.1, 0.15) is 0 Å². The second-order valence-electron chi connectivity index (χ2n) is 3.29. The monoisotopic (exact) mass is 218 g/mol. The summed E-state index contributed by atoms with van der Waals surface area (Å²) in [6, 6.07) is 9.25. The van der Waals surface area contributed by atoms with Crippen LogP contribution in [-0.4, -0.2) is 26.0 Å². The van der Waals surface area contributed by atoms with Gasteiger partial charge in [-0.1, -0.05) is 18.2 Å². The Hall–Kier alpha value is -2.14. The summed E-state index contributed by atoms with van der Waals surface area (Å²) in [7, 11) is 0. The lowest BCUT2D eigenvalue weighted by molar-refractivity contribution is -0.146. The molecule has 0 fully saturated rings. The number of carbonyl (C=O) groups is 1. The average molecular weight is 218 g/mol. The van der Waals surface area contributed by atoms with Gasteiger partial charge in [0.25, 0.3) is 0 Å². The summed E-state index contributed by atoms with van der Waals surface area (Å²) in [4.78, 5) is 10.6. The van der Waals surface area contributed by atoms with Gasteiger partial charge in [-0.2, -0.15) is 5.10 Å². The van der Waals surface area contributed by atoms with Crippen LogP contribution in [0.3, 0.4) is 0 Å². The van der Waals surface area contributed by atoms with Gasteiger partial charge in [-0.3, -0.25) is 0 Å². The van der Waals surface area contributed by atoms with Gasteiger partial charge in [0, 0.05) is 11.8 Å². The van der Waals surface area contributed by atoms with E-state index in [0.717, 1.165) is 5.69 Å². The fourth-order valence-electron chi connectivity index (χ4n) is 1.34. The molecule has 5 nitrogen and oxygen atoms in total. The van der Waals surface area contributed by atoms with Crippen LogP contribution in [0.4, 0.5) is 0 Å². The summed E-state index contributed by atoms with van der Waals surface area (Å²) in [6.07, 6.45) is 1.30. The van der Waals surface area contributed by atoms with E-state index >= 15 is 0 Å². The van der Waals surface area contributed by atoms with E-state index in [1.165, 1.54) is 17.1 Å². The van der Waals surface area contributed by atoms with Crippen LogP contribution in [0.2, 0.25) is 0 Å². The maximum Gasteiger partial charge on any atom is 0.337 e. The number of aliphatic hydroxyl groups excluding tert-OH is 1. The van der Waals surface area contributed by atoms with Crippen molar-refractivity contribution < 1.29 is 15.0 Å². The number of carboxylic acid groups (broad SMARTS) is 1. The van der Waals surface area contributed by atoms with E-state index in [-0.39, 0.29) is 5.56 Å². The molecule has 0 bridgehead atoms. The van der Waals surface area contributed by atoms with Crippen LogP contribution in [0.1, 0.15) is 11.7 Å². The molecular weight excluding hydrogens is 208 g/mol. The highest BCUT2D eigenvalue weighted by Gasteiger charge is 2.17. The summed E-state index contributed by atoms with van der Waals surface area (Å²) >= 11 is 0. The molecule has 16 heavy (non-hydrogen) atoms. The minimum Gasteiger partial charge on any atom is -0.479 e. The maximum absolute atomic E-state index is 10.6. The minimum absolute atomic E-state index is 0.261. The van der Waals surface area contributed by atoms with Crippen LogP contribution in [0.15, 0.2) is 42.7 Å². The molecule has 2 N–H and O–H groups in total. The molecule has 82 valence electrons. The zero-order valence-corrected chi connectivity index (χ0v) is 8.32. The number of aliphatic hydroxyl groups is 1. The molecule has 2 rings (SSSR count). The summed E-state index contributed by atoms with van der Waals surface area (Å²) in [5, 5.41) is 21.9. The van der Waals surface area contributed by atoms with Gasteiger partial charge in [-0.25, -0.2) is 9.48 Å². The largest absolute Gasteiger partial charge is 0.479 e. The molecular formula is C11H10N2O3. The Morgan fingerprint density at radius 2 is 2.00 bits per heavy atom. The molecule has 1 atom stereocenters. The molecule has 0 aliphatic rings. The van der Waals surface area contributed by atoms with E-state index in [9.17, 15) is 9.90 Å². The highest BCUT2D eigenvalue weighted by Crippen LogP contribution is 2.14. The highest BCUT2D eigenvalue weighted by molar-refractivity contribution is 5.73. The number of aliphatic carboxylic acids is 1. The Labute approximate surface area is 91.6 Å². The minimum atomic E-state index is -1.53. The Balaban J connectivity index is 2.30. The number of hydrogen-bond acceptors (Lipinski definition) is 3. The van der Waals surface area contributed by atoms with Crippen LogP contribution in [0, 0.1) is 0 Å². The maximum atomic E-state index is 10.6. The highest BCUT2D eigenvalue weighted by atomic mass is 16.4. The first-order chi connectivity index (χ1) is 7.68. The molecule has 2 aromatic rings. The number of rotatable bonds is 3. The number of aromatic nitrogens is 2. The first kappa shape index (κ1) is 10.4. The first-order valence-corrected chi connectivity index (χ1v) is 4.69. The molecule has 1 aromatic carbocycles. The predicted octanol–water partition coefficient (Wildman–Crippen LogP) is 0.990. The quantitative estimate of drug-likeness (QED) is 0.805. The van der Waals surface area contributed by atoms with Crippen molar-refractivity contribution in [1.29, 1.82) is 0 Å². The standard InChI is InChI=1S/C11H10N2O3/c14-10(11(15)16)8-6-12-13(7-8)9-4-2-1-3-5-9/h1-7,10,14H,(H,15,16). The van der Waals surface area contributed by atoms with Crippen LogP contribution < -0.4 is 0 Å². The van der Waals surface area contributed by atoms with Gasteiger partial charge in [0.05, 0.1) is 11.9 Å². The van der Waals surface area contributed by atoms with Crippen LogP contribution >= 0.6 is 0 Å². The Kier molecular flexibility index (Phi) is 2.70. The normalized spacial score (nSPS) is 12.3. The lowest BCUT2D eigenvalue weighted by Gasteiger charge is -2.01. The van der Waals surface area contributed by atoms with Crippen LogP contribution in [0.5, 0.6) is 0 Å². The van der Waals surface area contributed by atoms with Gasteiger partial charge >= 0.3 is 5.97 Å². The zero-order chi connectivity index (χ0) is 11.5. The third-order valence-corrected chi connectivity index (χ3v) is 2.17. The van der Waals surface area contributed by atoms with E-state index in [4.69, 9.17) is 5.11 Å². The van der Waals surface area contributed by atoms with Gasteiger partial charge in [0.15, 0.2) is 6.10 Å². The number of nitrogens with zero attached hydrogens (tertiary/aromatic N) is 2. The van der Waals surface area contributed by atoms with E-state index in [0.29, 0.717) is 0 Å². The second-order valence-corrected chi connectivity index (χ2v) is 3.29. The summed E-state index contributed by atoms with van der Waals surface area (Å²) < 4.78 is 1.52. The van der Waals surface area contributed by atoms with E-state index in [2.05, 4.69) is 5.10 Å². The Morgan fingerprint density at radius 1 is 1.31 bits per heavy atom. The fourth-order valence-corrected chi connectivity index (χ4v) is 1.34. The van der Waals surface area contributed by atoms with E-state index < -0.39 is 12.1 Å². The van der Waals surface area contributed by atoms with Crippen LogP contribution in [-0.2, 0) is 4.79 Å². The van der Waals surface area contributed by atoms with Crippen molar-refractivity contribution in [3.63, 3.8) is 0 Å². The van der Waals surface area contributed by atoms with Gasteiger partial charge in [-0.05, 0) is 12.1 Å². The van der Waals surface area contributed by atoms with Crippen molar-refractivity contribution in [2.75, 3.05) is 0 Å². The fraction of sp³-hybridized carbons (Fsp3) is 0.0909. The summed E-state index contributed by atoms with van der Waals surface area (Å²) in [5.41, 5.74) is 1.07. The summed E-state index contributed by atoms with van der Waals surface area (Å²) in [6.45, 7) is 0. The number of benzene rings is 1. The molecule has 0 saturated heterocycles. The third-order valence-electron chi connectivity index (χ3n) is 2.17. The molecule has 5 heteroatoms. The van der Waals surface area contributed by atoms with Crippen molar-refractivity contribution in [3.8, 4) is 5.69 Å². The number of hydrogen-bond donors (Lipinski definition) is 2. The molecule has 0 aliphatic carbocycles. The second kappa shape index (κ2) is 4.16. The Morgan fingerprint density at radius 3 is 2.62 bits per heavy atom. The number of para-hydroxylation sites is 1.